The van der Waals surface area contributed by atoms with Crippen molar-refractivity contribution in [2.45, 2.75) is 44.3 Å². The summed E-state index contributed by atoms with van der Waals surface area (Å²) < 4.78 is 5.63. The van der Waals surface area contributed by atoms with Crippen LogP contribution >= 0.6 is 0 Å². The predicted molar refractivity (Wildman–Crippen MR) is 150 cm³/mol. The van der Waals surface area contributed by atoms with Crippen LogP contribution in [0.25, 0.3) is 11.1 Å². The third-order valence-corrected chi connectivity index (χ3v) is 7.11. The molecule has 3 N–H and O–H groups in total. The van der Waals surface area contributed by atoms with Gasteiger partial charge < -0.3 is 20.2 Å². The van der Waals surface area contributed by atoms with Crippen molar-refractivity contribution >= 4 is 29.9 Å². The maximum atomic E-state index is 13.2. The normalized spacial score (nSPS) is 15.3. The highest BCUT2D eigenvalue weighted by atomic mass is 16.7. The molecule has 216 valence electrons. The average molecular weight is 571 g/mol. The van der Waals surface area contributed by atoms with Crippen LogP contribution in [0.2, 0.25) is 0 Å². The second-order valence-electron chi connectivity index (χ2n) is 10.0. The molecule has 2 aliphatic rings. The van der Waals surface area contributed by atoms with Crippen LogP contribution < -0.4 is 16.0 Å². The Morgan fingerprint density at radius 3 is 1.98 bits per heavy atom. The number of hydroxylamine groups is 2. The zero-order valence-electron chi connectivity index (χ0n) is 22.9. The number of ether oxygens (including phenoxy) is 1. The van der Waals surface area contributed by atoms with Crippen LogP contribution in [0.1, 0.15) is 42.4 Å². The Labute approximate surface area is 242 Å². The molecular formula is C31H30N4O7. The fraction of sp³-hybridized carbons (Fsp3) is 0.258. The molecule has 2 atom stereocenters. The summed E-state index contributed by atoms with van der Waals surface area (Å²) in [5, 5.41) is 8.00. The smallest absolute Gasteiger partial charge is 0.433 e. The fourth-order valence-corrected chi connectivity index (χ4v) is 5.14. The predicted octanol–water partition coefficient (Wildman–Crippen LogP) is 3.39. The zero-order valence-corrected chi connectivity index (χ0v) is 22.9. The molecule has 0 saturated carbocycles. The van der Waals surface area contributed by atoms with E-state index in [0.717, 1.165) is 27.8 Å². The minimum absolute atomic E-state index is 0.0406. The number of hydrogen-bond acceptors (Lipinski definition) is 7. The summed E-state index contributed by atoms with van der Waals surface area (Å²) in [7, 11) is 0. The number of amides is 5. The van der Waals surface area contributed by atoms with Crippen molar-refractivity contribution in [2.75, 3.05) is 6.61 Å². The van der Waals surface area contributed by atoms with Gasteiger partial charge in [0, 0.05) is 25.2 Å². The molecular weight excluding hydrogens is 540 g/mol. The molecule has 3 aromatic carbocycles. The number of nitrogens with zero attached hydrogens (tertiary/aromatic N) is 1. The number of nitrogens with one attached hydrogen (secondary N) is 3. The van der Waals surface area contributed by atoms with Gasteiger partial charge in [-0.05, 0) is 34.7 Å². The molecule has 11 heteroatoms. The Hall–Kier alpha value is -5.19. The molecule has 0 unspecified atom stereocenters. The molecule has 5 rings (SSSR count). The first-order chi connectivity index (χ1) is 20.3. The fourth-order valence-electron chi connectivity index (χ4n) is 5.14. The van der Waals surface area contributed by atoms with Crippen LogP contribution in [0.4, 0.5) is 9.59 Å². The van der Waals surface area contributed by atoms with E-state index in [9.17, 15) is 24.0 Å². The number of rotatable bonds is 9. The molecule has 1 aliphatic heterocycles. The van der Waals surface area contributed by atoms with Crippen molar-refractivity contribution in [3.63, 3.8) is 0 Å². The minimum atomic E-state index is -1.09. The summed E-state index contributed by atoms with van der Waals surface area (Å²) >= 11 is 0. The minimum Gasteiger partial charge on any atom is -0.449 e. The first-order valence-corrected chi connectivity index (χ1v) is 13.6. The molecule has 11 nitrogen and oxygen atoms in total. The molecule has 42 heavy (non-hydrogen) atoms. The second kappa shape index (κ2) is 12.5. The standard InChI is InChI=1S/C31H30N4O7/c1-19(33-31(40)42-35-27(36)15-16-28(35)37)32-29(38)26(17-20-9-3-2-4-10-20)34-30(39)41-18-25-23-13-7-5-11-21(23)22-12-6-8-14-24(22)25/h2-14,19,25-26H,15-18H2,1H3,(H,32,38)(H,33,40)(H,34,39)/t19-,26+/m1/s1. The summed E-state index contributed by atoms with van der Waals surface area (Å²) in [6, 6.07) is 24.0. The van der Waals surface area contributed by atoms with Gasteiger partial charge in [-0.2, -0.15) is 0 Å². The molecule has 1 fully saturated rings. The van der Waals surface area contributed by atoms with E-state index in [4.69, 9.17) is 9.57 Å². The van der Waals surface area contributed by atoms with Crippen LogP contribution in [0.15, 0.2) is 78.9 Å². The van der Waals surface area contributed by atoms with Crippen molar-refractivity contribution in [1.29, 1.82) is 0 Å². The van der Waals surface area contributed by atoms with Gasteiger partial charge in [0.1, 0.15) is 18.8 Å². The number of carbonyl (C=O) groups is 5. The van der Waals surface area contributed by atoms with Crippen LogP contribution in [0.3, 0.4) is 0 Å². The molecule has 3 aromatic rings. The molecule has 0 spiro atoms. The Balaban J connectivity index is 1.21. The topological polar surface area (TPSA) is 143 Å². The first-order valence-electron chi connectivity index (χ1n) is 13.6. The lowest BCUT2D eigenvalue weighted by Crippen LogP contribution is -2.54. The van der Waals surface area contributed by atoms with E-state index in [1.807, 2.05) is 78.9 Å². The first kappa shape index (κ1) is 28.3. The SMILES string of the molecule is C[C@@H](NC(=O)ON1C(=O)CCC1=O)NC(=O)[C@H](Cc1ccccc1)NC(=O)OCC1c2ccccc2-c2ccccc21. The highest BCUT2D eigenvalue weighted by molar-refractivity contribution is 6.01. The lowest BCUT2D eigenvalue weighted by atomic mass is 9.98. The van der Waals surface area contributed by atoms with E-state index >= 15 is 0 Å². The van der Waals surface area contributed by atoms with Gasteiger partial charge in [-0.1, -0.05) is 78.9 Å². The lowest BCUT2D eigenvalue weighted by Gasteiger charge is -2.23. The highest BCUT2D eigenvalue weighted by Crippen LogP contribution is 2.44. The Kier molecular flexibility index (Phi) is 8.47. The van der Waals surface area contributed by atoms with E-state index in [2.05, 4.69) is 16.0 Å². The van der Waals surface area contributed by atoms with Gasteiger partial charge in [0.05, 0.1) is 0 Å². The van der Waals surface area contributed by atoms with Crippen molar-refractivity contribution in [3.05, 3.63) is 95.6 Å². The van der Waals surface area contributed by atoms with Crippen molar-refractivity contribution in [3.8, 4) is 11.1 Å². The lowest BCUT2D eigenvalue weighted by molar-refractivity contribution is -0.171. The maximum absolute atomic E-state index is 13.2. The molecule has 5 amide bonds. The van der Waals surface area contributed by atoms with Crippen LogP contribution in [0.5, 0.6) is 0 Å². The quantitative estimate of drug-likeness (QED) is 0.264. The number of fused-ring (bicyclic) bond motifs is 3. The van der Waals surface area contributed by atoms with E-state index in [-0.39, 0.29) is 31.8 Å². The summed E-state index contributed by atoms with van der Waals surface area (Å²) in [6.07, 6.45) is -2.73. The third-order valence-electron chi connectivity index (χ3n) is 7.11. The van der Waals surface area contributed by atoms with E-state index in [1.54, 1.807) is 0 Å². The molecule has 1 saturated heterocycles. The van der Waals surface area contributed by atoms with Crippen LogP contribution in [0, 0.1) is 0 Å². The summed E-state index contributed by atoms with van der Waals surface area (Å²) in [4.78, 5) is 66.5. The zero-order chi connectivity index (χ0) is 29.6. The summed E-state index contributed by atoms with van der Waals surface area (Å²) in [6.45, 7) is 1.55. The maximum Gasteiger partial charge on any atom is 0.433 e. The highest BCUT2D eigenvalue weighted by Gasteiger charge is 2.34. The van der Waals surface area contributed by atoms with Gasteiger partial charge in [-0.15, -0.1) is 5.06 Å². The van der Waals surface area contributed by atoms with Crippen molar-refractivity contribution in [2.24, 2.45) is 0 Å². The third kappa shape index (κ3) is 6.41. The van der Waals surface area contributed by atoms with Crippen LogP contribution in [-0.4, -0.2) is 53.8 Å². The number of carbonyl (C=O) groups excluding carboxylic acids is 5. The van der Waals surface area contributed by atoms with Crippen LogP contribution in [-0.2, 0) is 30.4 Å². The van der Waals surface area contributed by atoms with E-state index in [0.29, 0.717) is 5.06 Å². The number of hydrogen-bond donors (Lipinski definition) is 3. The van der Waals surface area contributed by atoms with Crippen molar-refractivity contribution in [1.82, 2.24) is 21.0 Å². The summed E-state index contributed by atoms with van der Waals surface area (Å²) in [5.41, 5.74) is 5.12. The van der Waals surface area contributed by atoms with Gasteiger partial charge in [0.25, 0.3) is 11.8 Å². The Bertz CT molecular complexity index is 1450. The van der Waals surface area contributed by atoms with Gasteiger partial charge in [-0.25, -0.2) is 9.59 Å². The largest absolute Gasteiger partial charge is 0.449 e. The van der Waals surface area contributed by atoms with Crippen molar-refractivity contribution < 1.29 is 33.5 Å². The molecule has 0 aromatic heterocycles. The summed E-state index contributed by atoms with van der Waals surface area (Å²) in [5.74, 6) is -1.98. The number of alkyl carbamates (subject to hydrolysis) is 1. The van der Waals surface area contributed by atoms with E-state index < -0.39 is 42.1 Å². The molecule has 1 heterocycles. The Morgan fingerprint density at radius 1 is 0.786 bits per heavy atom. The van der Waals surface area contributed by atoms with Gasteiger partial charge in [0.2, 0.25) is 5.91 Å². The number of benzene rings is 3. The molecule has 0 bridgehead atoms. The molecule has 1 aliphatic carbocycles. The number of imide groups is 1. The Morgan fingerprint density at radius 2 is 1.36 bits per heavy atom. The van der Waals surface area contributed by atoms with E-state index in [1.165, 1.54) is 6.92 Å². The van der Waals surface area contributed by atoms with Gasteiger partial charge in [-0.3, -0.25) is 19.7 Å². The average Bonchev–Trinajstić information content (AvgIpc) is 3.47. The van der Waals surface area contributed by atoms with Gasteiger partial charge >= 0.3 is 12.2 Å². The monoisotopic (exact) mass is 570 g/mol. The second-order valence-corrected chi connectivity index (χ2v) is 10.0. The molecule has 0 radical (unpaired) electrons. The van der Waals surface area contributed by atoms with Gasteiger partial charge in [0.15, 0.2) is 0 Å².